The summed E-state index contributed by atoms with van der Waals surface area (Å²) in [5.41, 5.74) is -1.34. The second kappa shape index (κ2) is 9.67. The lowest BCUT2D eigenvalue weighted by Crippen LogP contribution is -2.51. The Kier molecular flexibility index (Phi) is 6.42. The van der Waals surface area contributed by atoms with Crippen LogP contribution in [0, 0.1) is 17.6 Å². The van der Waals surface area contributed by atoms with Crippen LogP contribution < -0.4 is 11.2 Å². The summed E-state index contributed by atoms with van der Waals surface area (Å²) in [4.78, 5) is 55.9. The number of nitrogens with one attached hydrogen (secondary N) is 1. The molecule has 2 fully saturated rings. The van der Waals surface area contributed by atoms with Crippen molar-refractivity contribution in [2.24, 2.45) is 5.92 Å². The minimum Gasteiger partial charge on any atom is -0.339 e. The van der Waals surface area contributed by atoms with Gasteiger partial charge in [0.05, 0.1) is 17.4 Å². The Hall–Kier alpha value is -3.82. The van der Waals surface area contributed by atoms with Crippen molar-refractivity contribution in [2.75, 3.05) is 26.2 Å². The molecule has 1 aliphatic carbocycles. The molecule has 1 N–H and O–H groups in total. The molecule has 1 saturated heterocycles. The molecule has 3 aromatic rings. The Labute approximate surface area is 205 Å². The van der Waals surface area contributed by atoms with Crippen molar-refractivity contribution in [3.8, 4) is 0 Å². The van der Waals surface area contributed by atoms with Crippen LogP contribution in [0.5, 0.6) is 0 Å². The first kappa shape index (κ1) is 23.9. The Balaban J connectivity index is 1.35. The van der Waals surface area contributed by atoms with E-state index in [0.29, 0.717) is 26.2 Å². The van der Waals surface area contributed by atoms with Gasteiger partial charge in [0.15, 0.2) is 0 Å². The number of hydrogen-bond acceptors (Lipinski definition) is 4. The van der Waals surface area contributed by atoms with Gasteiger partial charge in [0.1, 0.15) is 11.6 Å². The highest BCUT2D eigenvalue weighted by atomic mass is 19.1. The molecule has 10 heteroatoms. The number of piperazine rings is 1. The molecule has 0 bridgehead atoms. The van der Waals surface area contributed by atoms with Gasteiger partial charge in [-0.25, -0.2) is 13.6 Å². The average Bonchev–Trinajstić information content (AvgIpc) is 3.42. The third kappa shape index (κ3) is 4.43. The fourth-order valence-electron chi connectivity index (χ4n) is 5.20. The number of carbonyl (C=O) groups excluding carboxylic acids is 2. The van der Waals surface area contributed by atoms with Crippen LogP contribution in [0.1, 0.15) is 41.6 Å². The number of benzene rings is 2. The number of fused-ring (bicyclic) bond motifs is 1. The van der Waals surface area contributed by atoms with Crippen LogP contribution in [0.25, 0.3) is 10.9 Å². The highest BCUT2D eigenvalue weighted by Crippen LogP contribution is 2.27. The van der Waals surface area contributed by atoms with E-state index in [4.69, 9.17) is 0 Å². The van der Waals surface area contributed by atoms with Crippen LogP contribution in [0.15, 0.2) is 46.0 Å². The molecule has 2 aliphatic rings. The van der Waals surface area contributed by atoms with E-state index >= 15 is 0 Å². The SMILES string of the molecule is O=C(c1ccc(F)c(Cn2c(=O)[nH]c(=O)c3c(F)cccc32)c1)N1CCN(C(=O)C2CCCC2)CC1. The van der Waals surface area contributed by atoms with Crippen molar-refractivity contribution in [1.82, 2.24) is 19.4 Å². The van der Waals surface area contributed by atoms with E-state index in [9.17, 15) is 28.0 Å². The van der Waals surface area contributed by atoms with Crippen LogP contribution in [-0.4, -0.2) is 57.3 Å². The largest absolute Gasteiger partial charge is 0.339 e. The predicted molar refractivity (Wildman–Crippen MR) is 129 cm³/mol. The normalized spacial score (nSPS) is 16.6. The first-order chi connectivity index (χ1) is 17.3. The summed E-state index contributed by atoms with van der Waals surface area (Å²) in [5, 5.41) is -0.297. The first-order valence-electron chi connectivity index (χ1n) is 12.1. The number of halogens is 2. The van der Waals surface area contributed by atoms with Gasteiger partial charge in [-0.1, -0.05) is 18.9 Å². The maximum Gasteiger partial charge on any atom is 0.329 e. The molecule has 0 spiro atoms. The fourth-order valence-corrected chi connectivity index (χ4v) is 5.20. The van der Waals surface area contributed by atoms with E-state index in [0.717, 1.165) is 42.4 Å². The first-order valence-corrected chi connectivity index (χ1v) is 12.1. The number of aromatic nitrogens is 2. The molecule has 5 rings (SSSR count). The Bertz CT molecular complexity index is 1450. The van der Waals surface area contributed by atoms with E-state index in [1.54, 1.807) is 4.90 Å². The minimum absolute atomic E-state index is 0.0305. The Morgan fingerprint density at radius 3 is 2.33 bits per heavy atom. The molecule has 1 saturated carbocycles. The monoisotopic (exact) mass is 496 g/mol. The summed E-state index contributed by atoms with van der Waals surface area (Å²) in [5.74, 6) is -1.47. The summed E-state index contributed by atoms with van der Waals surface area (Å²) in [6, 6.07) is 7.78. The summed E-state index contributed by atoms with van der Waals surface area (Å²) >= 11 is 0. The third-order valence-corrected chi connectivity index (χ3v) is 7.18. The zero-order valence-electron chi connectivity index (χ0n) is 19.6. The zero-order chi connectivity index (χ0) is 25.4. The van der Waals surface area contributed by atoms with Gasteiger partial charge in [-0.15, -0.1) is 0 Å². The van der Waals surface area contributed by atoms with Gasteiger partial charge in [-0.05, 0) is 43.2 Å². The van der Waals surface area contributed by atoms with Gasteiger partial charge >= 0.3 is 5.69 Å². The van der Waals surface area contributed by atoms with E-state index in [2.05, 4.69) is 4.98 Å². The lowest BCUT2D eigenvalue weighted by Gasteiger charge is -2.36. The number of amides is 2. The van der Waals surface area contributed by atoms with Gasteiger partial charge in [-0.3, -0.25) is 23.9 Å². The van der Waals surface area contributed by atoms with E-state index in [1.165, 1.54) is 24.3 Å². The Morgan fingerprint density at radius 1 is 0.917 bits per heavy atom. The molecule has 0 unspecified atom stereocenters. The number of rotatable bonds is 4. The molecule has 1 aromatic heterocycles. The summed E-state index contributed by atoms with van der Waals surface area (Å²) in [7, 11) is 0. The second-order valence-corrected chi connectivity index (χ2v) is 9.38. The van der Waals surface area contributed by atoms with Gasteiger partial charge in [0, 0.05) is 43.2 Å². The summed E-state index contributed by atoms with van der Waals surface area (Å²) in [6.07, 6.45) is 4.02. The molecule has 36 heavy (non-hydrogen) atoms. The second-order valence-electron chi connectivity index (χ2n) is 9.38. The highest BCUT2D eigenvalue weighted by Gasteiger charge is 2.31. The fraction of sp³-hybridized carbons (Fsp3) is 0.385. The quantitative estimate of drug-likeness (QED) is 0.601. The average molecular weight is 497 g/mol. The molecule has 8 nitrogen and oxygen atoms in total. The number of carbonyl (C=O) groups is 2. The molecular formula is C26H26F2N4O4. The third-order valence-electron chi connectivity index (χ3n) is 7.18. The van der Waals surface area contributed by atoms with Crippen LogP contribution in [0.2, 0.25) is 0 Å². The number of hydrogen-bond donors (Lipinski definition) is 1. The molecular weight excluding hydrogens is 470 g/mol. The molecule has 2 heterocycles. The zero-order valence-corrected chi connectivity index (χ0v) is 19.6. The van der Waals surface area contributed by atoms with Crippen molar-refractivity contribution in [3.05, 3.63) is 80.0 Å². The molecule has 1 aliphatic heterocycles. The van der Waals surface area contributed by atoms with Crippen LogP contribution in [0.4, 0.5) is 8.78 Å². The van der Waals surface area contributed by atoms with E-state index in [1.807, 2.05) is 4.90 Å². The maximum absolute atomic E-state index is 14.7. The maximum atomic E-state index is 14.7. The van der Waals surface area contributed by atoms with Gasteiger partial charge < -0.3 is 9.80 Å². The lowest BCUT2D eigenvalue weighted by molar-refractivity contribution is -0.136. The standard InChI is InChI=1S/C26H26F2N4O4/c27-19-9-8-17(25(35)31-12-10-30(11-13-31)24(34)16-4-1-2-5-16)14-18(19)15-32-21-7-3-6-20(28)22(21)23(33)29-26(32)36/h3,6-9,14,16H,1-2,4-5,10-13,15H2,(H,29,33,36). The number of aromatic amines is 1. The Morgan fingerprint density at radius 2 is 1.61 bits per heavy atom. The molecule has 2 amide bonds. The van der Waals surface area contributed by atoms with E-state index in [-0.39, 0.29) is 46.3 Å². The van der Waals surface area contributed by atoms with E-state index < -0.39 is 22.9 Å². The predicted octanol–water partition coefficient (Wildman–Crippen LogP) is 2.49. The van der Waals surface area contributed by atoms with Gasteiger partial charge in [-0.2, -0.15) is 0 Å². The van der Waals surface area contributed by atoms with Crippen molar-refractivity contribution in [1.29, 1.82) is 0 Å². The molecule has 188 valence electrons. The topological polar surface area (TPSA) is 95.5 Å². The smallest absolute Gasteiger partial charge is 0.329 e. The number of H-pyrrole nitrogens is 1. The summed E-state index contributed by atoms with van der Waals surface area (Å²) in [6.45, 7) is 1.38. The van der Waals surface area contributed by atoms with Crippen molar-refractivity contribution >= 4 is 22.7 Å². The van der Waals surface area contributed by atoms with Crippen molar-refractivity contribution in [3.63, 3.8) is 0 Å². The van der Waals surface area contributed by atoms with Crippen molar-refractivity contribution < 1.29 is 18.4 Å². The van der Waals surface area contributed by atoms with Crippen LogP contribution >= 0.6 is 0 Å². The van der Waals surface area contributed by atoms with Crippen LogP contribution in [-0.2, 0) is 11.3 Å². The molecule has 0 radical (unpaired) electrons. The number of nitrogens with zero attached hydrogens (tertiary/aromatic N) is 3. The molecule has 2 aromatic carbocycles. The van der Waals surface area contributed by atoms with Gasteiger partial charge in [0.25, 0.3) is 11.5 Å². The summed E-state index contributed by atoms with van der Waals surface area (Å²) < 4.78 is 30.0. The highest BCUT2D eigenvalue weighted by molar-refractivity contribution is 5.94. The minimum atomic E-state index is -0.862. The van der Waals surface area contributed by atoms with Crippen molar-refractivity contribution in [2.45, 2.75) is 32.2 Å². The lowest BCUT2D eigenvalue weighted by atomic mass is 10.1. The van der Waals surface area contributed by atoms with Gasteiger partial charge in [0.2, 0.25) is 5.91 Å². The molecule has 0 atom stereocenters. The van der Waals surface area contributed by atoms with Crippen LogP contribution in [0.3, 0.4) is 0 Å².